The SMILES string of the molecule is CC1(C)CC[C@]2(C(=O)O)C(O)C[C@]3(C)C(=CC[C@@H]4[C@@]5(C)CCC(O)C(C)(C)[C@@H]5CC[C@]43C)[C@@H]2C1. The highest BCUT2D eigenvalue weighted by Gasteiger charge is 2.71. The predicted octanol–water partition coefficient (Wildman–Crippen LogP) is 6.20. The molecule has 34 heavy (non-hydrogen) atoms. The lowest BCUT2D eigenvalue weighted by molar-refractivity contribution is -0.218. The lowest BCUT2D eigenvalue weighted by atomic mass is 9.33. The normalized spacial score (nSPS) is 53.4. The Kier molecular flexibility index (Phi) is 5.20. The van der Waals surface area contributed by atoms with Crippen LogP contribution in [0, 0.1) is 50.2 Å². The van der Waals surface area contributed by atoms with Gasteiger partial charge in [-0.1, -0.05) is 60.1 Å². The standard InChI is InChI=1S/C30H48O4/c1-25(2)14-15-30(24(33)34)19(16-25)18-8-9-21-27(5)12-11-22(31)26(3,4)20(27)10-13-28(21,6)29(18,7)17-23(30)32/h8,19-23,31-32H,9-17H2,1-7H3,(H,33,34)/t19-,20-,21+,22?,23?,27-,28+,29+,30+/m0/s1. The topological polar surface area (TPSA) is 77.8 Å². The first-order chi connectivity index (χ1) is 15.6. The second-order valence-electron chi connectivity index (χ2n) is 15.2. The average molecular weight is 473 g/mol. The number of allylic oxidation sites excluding steroid dienone is 2. The third-order valence-corrected chi connectivity index (χ3v) is 13.1. The van der Waals surface area contributed by atoms with Gasteiger partial charge in [0.25, 0.3) is 0 Å². The van der Waals surface area contributed by atoms with Gasteiger partial charge in [-0.25, -0.2) is 0 Å². The summed E-state index contributed by atoms with van der Waals surface area (Å²) in [6.07, 6.45) is 9.35. The molecule has 0 aromatic rings. The third kappa shape index (κ3) is 2.82. The van der Waals surface area contributed by atoms with E-state index in [0.29, 0.717) is 24.7 Å². The fourth-order valence-electron chi connectivity index (χ4n) is 10.7. The molecule has 192 valence electrons. The lowest BCUT2D eigenvalue weighted by Gasteiger charge is -2.71. The van der Waals surface area contributed by atoms with Crippen LogP contribution in [-0.4, -0.2) is 33.5 Å². The number of aliphatic hydroxyl groups is 2. The van der Waals surface area contributed by atoms with Gasteiger partial charge in [-0.3, -0.25) is 4.79 Å². The number of carboxylic acids is 1. The number of rotatable bonds is 1. The summed E-state index contributed by atoms with van der Waals surface area (Å²) < 4.78 is 0. The number of carboxylic acid groups (broad SMARTS) is 1. The summed E-state index contributed by atoms with van der Waals surface area (Å²) >= 11 is 0. The number of aliphatic hydroxyl groups excluding tert-OH is 2. The van der Waals surface area contributed by atoms with Crippen LogP contribution < -0.4 is 0 Å². The number of aliphatic carboxylic acids is 1. The summed E-state index contributed by atoms with van der Waals surface area (Å²) in [5.74, 6) is 0.0888. The molecule has 0 aromatic carbocycles. The summed E-state index contributed by atoms with van der Waals surface area (Å²) in [5.41, 5.74) is 0.295. The summed E-state index contributed by atoms with van der Waals surface area (Å²) in [6.45, 7) is 16.4. The molecule has 5 aliphatic rings. The van der Waals surface area contributed by atoms with Crippen LogP contribution in [0.4, 0.5) is 0 Å². The fraction of sp³-hybridized carbons (Fsp3) is 0.900. The van der Waals surface area contributed by atoms with Crippen LogP contribution in [0.5, 0.6) is 0 Å². The molecule has 4 fully saturated rings. The Morgan fingerprint density at radius 1 is 0.853 bits per heavy atom. The van der Waals surface area contributed by atoms with Gasteiger partial charge in [-0.05, 0) is 103 Å². The van der Waals surface area contributed by atoms with Gasteiger partial charge in [0.05, 0.1) is 12.2 Å². The Morgan fingerprint density at radius 2 is 1.53 bits per heavy atom. The zero-order valence-electron chi connectivity index (χ0n) is 22.6. The number of fused-ring (bicyclic) bond motifs is 7. The van der Waals surface area contributed by atoms with E-state index in [1.165, 1.54) is 5.57 Å². The summed E-state index contributed by atoms with van der Waals surface area (Å²) in [5, 5.41) is 33.1. The molecule has 0 saturated heterocycles. The highest BCUT2D eigenvalue weighted by molar-refractivity contribution is 5.77. The van der Waals surface area contributed by atoms with E-state index in [0.717, 1.165) is 44.9 Å². The molecular weight excluding hydrogens is 424 g/mol. The van der Waals surface area contributed by atoms with Gasteiger partial charge < -0.3 is 15.3 Å². The Bertz CT molecular complexity index is 919. The first kappa shape index (κ1) is 24.8. The highest BCUT2D eigenvalue weighted by atomic mass is 16.4. The minimum Gasteiger partial charge on any atom is -0.481 e. The first-order valence-corrected chi connectivity index (χ1v) is 13.9. The van der Waals surface area contributed by atoms with E-state index in [1.54, 1.807) is 0 Å². The van der Waals surface area contributed by atoms with Gasteiger partial charge in [0.15, 0.2) is 0 Å². The fourth-order valence-corrected chi connectivity index (χ4v) is 10.7. The van der Waals surface area contributed by atoms with Crippen LogP contribution in [0.1, 0.15) is 106 Å². The molecule has 3 N–H and O–H groups in total. The summed E-state index contributed by atoms with van der Waals surface area (Å²) in [6, 6.07) is 0. The molecule has 0 heterocycles. The molecule has 0 spiro atoms. The lowest BCUT2D eigenvalue weighted by Crippen LogP contribution is -2.67. The van der Waals surface area contributed by atoms with Crippen molar-refractivity contribution in [3.05, 3.63) is 11.6 Å². The van der Waals surface area contributed by atoms with Crippen molar-refractivity contribution in [2.75, 3.05) is 0 Å². The third-order valence-electron chi connectivity index (χ3n) is 13.1. The maximum Gasteiger partial charge on any atom is 0.312 e. The molecule has 0 aliphatic heterocycles. The molecule has 4 nitrogen and oxygen atoms in total. The van der Waals surface area contributed by atoms with Crippen LogP contribution in [0.25, 0.3) is 0 Å². The number of hydrogen-bond acceptors (Lipinski definition) is 3. The van der Waals surface area contributed by atoms with Crippen LogP contribution in [0.15, 0.2) is 11.6 Å². The van der Waals surface area contributed by atoms with Gasteiger partial charge in [-0.15, -0.1) is 0 Å². The first-order valence-electron chi connectivity index (χ1n) is 13.9. The Morgan fingerprint density at radius 3 is 2.18 bits per heavy atom. The molecule has 4 heteroatoms. The summed E-state index contributed by atoms with van der Waals surface area (Å²) in [4.78, 5) is 12.8. The maximum absolute atomic E-state index is 12.8. The Labute approximate surface area is 206 Å². The molecule has 0 radical (unpaired) electrons. The van der Waals surface area contributed by atoms with Gasteiger partial charge in [0, 0.05) is 0 Å². The number of hydrogen-bond donors (Lipinski definition) is 3. The molecular formula is C30H48O4. The smallest absolute Gasteiger partial charge is 0.312 e. The van der Waals surface area contributed by atoms with Crippen LogP contribution in [0.3, 0.4) is 0 Å². The van der Waals surface area contributed by atoms with E-state index in [9.17, 15) is 20.1 Å². The van der Waals surface area contributed by atoms with E-state index >= 15 is 0 Å². The van der Waals surface area contributed by atoms with Gasteiger partial charge in [0.1, 0.15) is 5.41 Å². The van der Waals surface area contributed by atoms with Crippen LogP contribution >= 0.6 is 0 Å². The molecule has 5 rings (SSSR count). The molecule has 9 atom stereocenters. The van der Waals surface area contributed by atoms with Crippen LogP contribution in [-0.2, 0) is 4.79 Å². The predicted molar refractivity (Wildman–Crippen MR) is 134 cm³/mol. The molecule has 4 saturated carbocycles. The van der Waals surface area contributed by atoms with E-state index in [1.807, 2.05) is 0 Å². The van der Waals surface area contributed by atoms with Crippen molar-refractivity contribution in [1.29, 1.82) is 0 Å². The van der Waals surface area contributed by atoms with Crippen molar-refractivity contribution in [2.24, 2.45) is 50.2 Å². The van der Waals surface area contributed by atoms with Crippen molar-refractivity contribution in [3.63, 3.8) is 0 Å². The highest BCUT2D eigenvalue weighted by Crippen LogP contribution is 2.75. The van der Waals surface area contributed by atoms with Crippen molar-refractivity contribution in [1.82, 2.24) is 0 Å². The second kappa shape index (κ2) is 7.12. The average Bonchev–Trinajstić information content (AvgIpc) is 2.71. The molecule has 0 bridgehead atoms. The minimum absolute atomic E-state index is 0.0218. The van der Waals surface area contributed by atoms with E-state index in [-0.39, 0.29) is 39.1 Å². The van der Waals surface area contributed by atoms with E-state index in [4.69, 9.17) is 0 Å². The molecule has 2 unspecified atom stereocenters. The Hall–Kier alpha value is -0.870. The van der Waals surface area contributed by atoms with Crippen molar-refractivity contribution < 1.29 is 20.1 Å². The molecule has 0 amide bonds. The Balaban J connectivity index is 1.63. The quantitative estimate of drug-likeness (QED) is 0.397. The zero-order chi connectivity index (χ0) is 25.1. The van der Waals surface area contributed by atoms with E-state index in [2.05, 4.69) is 54.5 Å². The van der Waals surface area contributed by atoms with Gasteiger partial charge in [0.2, 0.25) is 0 Å². The van der Waals surface area contributed by atoms with Crippen molar-refractivity contribution in [2.45, 2.75) is 118 Å². The number of carbonyl (C=O) groups is 1. The largest absolute Gasteiger partial charge is 0.481 e. The summed E-state index contributed by atoms with van der Waals surface area (Å²) in [7, 11) is 0. The molecule has 0 aromatic heterocycles. The van der Waals surface area contributed by atoms with Gasteiger partial charge in [-0.2, -0.15) is 0 Å². The molecule has 5 aliphatic carbocycles. The van der Waals surface area contributed by atoms with Crippen LogP contribution in [0.2, 0.25) is 0 Å². The van der Waals surface area contributed by atoms with E-state index < -0.39 is 17.5 Å². The van der Waals surface area contributed by atoms with Crippen molar-refractivity contribution in [3.8, 4) is 0 Å². The second-order valence-corrected chi connectivity index (χ2v) is 15.2. The minimum atomic E-state index is -1.04. The van der Waals surface area contributed by atoms with Crippen molar-refractivity contribution >= 4 is 5.97 Å². The van der Waals surface area contributed by atoms with Gasteiger partial charge >= 0.3 is 5.97 Å². The maximum atomic E-state index is 12.8. The zero-order valence-corrected chi connectivity index (χ0v) is 22.6. The monoisotopic (exact) mass is 472 g/mol.